The van der Waals surface area contributed by atoms with E-state index in [1.54, 1.807) is 6.92 Å². The molecule has 0 bridgehead atoms. The van der Waals surface area contributed by atoms with E-state index in [9.17, 15) is 28.1 Å². The van der Waals surface area contributed by atoms with Gasteiger partial charge in [0.05, 0.1) is 18.3 Å². The van der Waals surface area contributed by atoms with Crippen molar-refractivity contribution >= 4 is 33.2 Å². The number of ether oxygens (including phenoxy) is 1. The molecule has 1 N–H and O–H groups in total. The van der Waals surface area contributed by atoms with Gasteiger partial charge in [-0.15, -0.1) is 0 Å². The van der Waals surface area contributed by atoms with E-state index in [1.165, 1.54) is 24.1 Å². The normalized spacial score (nSPS) is 14.7. The van der Waals surface area contributed by atoms with E-state index in [4.69, 9.17) is 4.74 Å². The van der Waals surface area contributed by atoms with Crippen molar-refractivity contribution in [1.29, 1.82) is 0 Å². The summed E-state index contributed by atoms with van der Waals surface area (Å²) in [5, 5.41) is 14.4. The Hall–Kier alpha value is -3.67. The Morgan fingerprint density at radius 3 is 2.38 bits per heavy atom. The van der Waals surface area contributed by atoms with Crippen LogP contribution in [0.4, 0.5) is 11.4 Å². The molecule has 0 saturated heterocycles. The van der Waals surface area contributed by atoms with Gasteiger partial charge in [0.25, 0.3) is 5.69 Å². The lowest BCUT2D eigenvalue weighted by molar-refractivity contribution is -0.384. The van der Waals surface area contributed by atoms with Crippen molar-refractivity contribution in [2.45, 2.75) is 57.5 Å². The summed E-state index contributed by atoms with van der Waals surface area (Å²) in [6.07, 6.45) is 6.31. The van der Waals surface area contributed by atoms with Gasteiger partial charge in [0.15, 0.2) is 0 Å². The van der Waals surface area contributed by atoms with Gasteiger partial charge in [0.2, 0.25) is 21.8 Å². The van der Waals surface area contributed by atoms with Crippen molar-refractivity contribution in [1.82, 2.24) is 10.2 Å². The Labute approximate surface area is 229 Å². The molecule has 2 aromatic carbocycles. The van der Waals surface area contributed by atoms with E-state index in [-0.39, 0.29) is 35.6 Å². The van der Waals surface area contributed by atoms with Gasteiger partial charge in [-0.1, -0.05) is 49.6 Å². The van der Waals surface area contributed by atoms with Crippen LogP contribution in [0, 0.1) is 10.1 Å². The zero-order chi connectivity index (χ0) is 28.6. The van der Waals surface area contributed by atoms with Gasteiger partial charge < -0.3 is 15.0 Å². The number of nitro benzene ring substituents is 1. The second-order valence-electron chi connectivity index (χ2n) is 9.73. The topological polar surface area (TPSA) is 139 Å². The molecule has 11 nitrogen and oxygen atoms in total. The fourth-order valence-corrected chi connectivity index (χ4v) is 5.57. The number of methoxy groups -OCH3 is 1. The first-order chi connectivity index (χ1) is 18.5. The molecule has 212 valence electrons. The summed E-state index contributed by atoms with van der Waals surface area (Å²) < 4.78 is 31.7. The van der Waals surface area contributed by atoms with E-state index in [0.29, 0.717) is 6.42 Å². The maximum Gasteiger partial charge on any atom is 0.271 e. The molecule has 1 atom stereocenters. The minimum atomic E-state index is -4.07. The van der Waals surface area contributed by atoms with E-state index in [2.05, 4.69) is 5.32 Å². The number of hydrogen-bond acceptors (Lipinski definition) is 7. The second kappa shape index (κ2) is 13.4. The SMILES string of the molecule is COc1ccc([N+](=O)[O-])cc1N(CC(=O)N(CCc1ccccc1)[C@H](C)C(=O)NC1CCCCC1)S(C)(=O)=O. The zero-order valence-electron chi connectivity index (χ0n) is 22.5. The fraction of sp³-hybridized carbons (Fsp3) is 0.481. The van der Waals surface area contributed by atoms with Gasteiger partial charge >= 0.3 is 0 Å². The van der Waals surface area contributed by atoms with Crippen molar-refractivity contribution < 1.29 is 27.7 Å². The molecule has 1 aliphatic rings. The van der Waals surface area contributed by atoms with Crippen LogP contribution >= 0.6 is 0 Å². The van der Waals surface area contributed by atoms with E-state index >= 15 is 0 Å². The lowest BCUT2D eigenvalue weighted by Gasteiger charge is -2.33. The minimum absolute atomic E-state index is 0.0430. The van der Waals surface area contributed by atoms with Gasteiger partial charge in [0.1, 0.15) is 24.0 Å². The Morgan fingerprint density at radius 2 is 1.79 bits per heavy atom. The standard InChI is InChI=1S/C27H36N4O7S/c1-20(27(33)28-22-12-8-5-9-13-22)29(17-16-21-10-6-4-7-11-21)26(32)19-30(39(3,36)37)24-18-23(31(34)35)14-15-25(24)38-2/h4,6-7,10-11,14-15,18,20,22H,5,8-9,12-13,16-17,19H2,1-3H3,(H,28,33)/t20-/m1/s1. The average Bonchev–Trinajstić information content (AvgIpc) is 2.91. The fourth-order valence-electron chi connectivity index (χ4n) is 4.72. The van der Waals surface area contributed by atoms with Crippen LogP contribution in [-0.2, 0) is 26.0 Å². The zero-order valence-corrected chi connectivity index (χ0v) is 23.4. The molecule has 12 heteroatoms. The van der Waals surface area contributed by atoms with Crippen molar-refractivity contribution in [3.05, 3.63) is 64.2 Å². The molecule has 0 aromatic heterocycles. The quantitative estimate of drug-likeness (QED) is 0.310. The molecule has 2 amide bonds. The Morgan fingerprint density at radius 1 is 1.13 bits per heavy atom. The average molecular weight is 561 g/mol. The number of amides is 2. The summed E-state index contributed by atoms with van der Waals surface area (Å²) in [6.45, 7) is 1.14. The number of nitrogens with zero attached hydrogens (tertiary/aromatic N) is 3. The molecule has 1 saturated carbocycles. The number of benzene rings is 2. The molecule has 0 aliphatic heterocycles. The number of carbonyl (C=O) groups excluding carboxylic acids is 2. The van der Waals surface area contributed by atoms with Crippen LogP contribution in [0.25, 0.3) is 0 Å². The lowest BCUT2D eigenvalue weighted by atomic mass is 9.95. The van der Waals surface area contributed by atoms with Crippen LogP contribution in [-0.4, -0.2) is 68.6 Å². The number of nitro groups is 1. The summed E-state index contributed by atoms with van der Waals surface area (Å²) in [7, 11) is -2.77. The number of non-ortho nitro benzene ring substituents is 1. The molecular weight excluding hydrogens is 524 g/mol. The van der Waals surface area contributed by atoms with Crippen LogP contribution in [0.2, 0.25) is 0 Å². The molecule has 1 fully saturated rings. The summed E-state index contributed by atoms with van der Waals surface area (Å²) in [5.41, 5.74) is 0.466. The Bertz CT molecular complexity index is 1260. The molecule has 39 heavy (non-hydrogen) atoms. The maximum atomic E-state index is 13.7. The monoisotopic (exact) mass is 560 g/mol. The third kappa shape index (κ3) is 8.16. The predicted octanol–water partition coefficient (Wildman–Crippen LogP) is 3.28. The van der Waals surface area contributed by atoms with Crippen LogP contribution in [0.3, 0.4) is 0 Å². The molecule has 0 radical (unpaired) electrons. The van der Waals surface area contributed by atoms with Gasteiger partial charge in [0, 0.05) is 24.7 Å². The number of nitrogens with one attached hydrogen (secondary N) is 1. The second-order valence-corrected chi connectivity index (χ2v) is 11.6. The first kappa shape index (κ1) is 29.9. The molecule has 1 aliphatic carbocycles. The largest absolute Gasteiger partial charge is 0.495 e. The third-order valence-corrected chi connectivity index (χ3v) is 8.05. The van der Waals surface area contributed by atoms with E-state index in [0.717, 1.165) is 54.3 Å². The number of hydrogen-bond donors (Lipinski definition) is 1. The maximum absolute atomic E-state index is 13.7. The van der Waals surface area contributed by atoms with Gasteiger partial charge in [-0.25, -0.2) is 8.42 Å². The van der Waals surface area contributed by atoms with Gasteiger partial charge in [-0.2, -0.15) is 0 Å². The number of anilines is 1. The number of rotatable bonds is 12. The predicted molar refractivity (Wildman–Crippen MR) is 148 cm³/mol. The summed E-state index contributed by atoms with van der Waals surface area (Å²) >= 11 is 0. The van der Waals surface area contributed by atoms with Gasteiger partial charge in [-0.3, -0.25) is 24.0 Å². The van der Waals surface area contributed by atoms with Gasteiger partial charge in [-0.05, 0) is 37.8 Å². The highest BCUT2D eigenvalue weighted by Gasteiger charge is 2.32. The molecule has 2 aromatic rings. The highest BCUT2D eigenvalue weighted by atomic mass is 32.2. The van der Waals surface area contributed by atoms with Crippen LogP contribution < -0.4 is 14.4 Å². The lowest BCUT2D eigenvalue weighted by Crippen LogP contribution is -2.53. The van der Waals surface area contributed by atoms with Crippen LogP contribution in [0.15, 0.2) is 48.5 Å². The van der Waals surface area contributed by atoms with Crippen molar-refractivity contribution in [2.75, 3.05) is 30.8 Å². The smallest absolute Gasteiger partial charge is 0.271 e. The highest BCUT2D eigenvalue weighted by molar-refractivity contribution is 7.92. The van der Waals surface area contributed by atoms with E-state index < -0.39 is 33.4 Å². The first-order valence-corrected chi connectivity index (χ1v) is 14.8. The molecule has 0 unspecified atom stereocenters. The van der Waals surface area contributed by atoms with E-state index in [1.807, 2.05) is 30.3 Å². The van der Waals surface area contributed by atoms with Crippen molar-refractivity contribution in [2.24, 2.45) is 0 Å². The highest BCUT2D eigenvalue weighted by Crippen LogP contribution is 2.33. The van der Waals surface area contributed by atoms with Crippen LogP contribution in [0.5, 0.6) is 5.75 Å². The number of carbonyl (C=O) groups is 2. The van der Waals surface area contributed by atoms with Crippen LogP contribution in [0.1, 0.15) is 44.6 Å². The summed E-state index contributed by atoms with van der Waals surface area (Å²) in [6, 6.07) is 12.2. The number of sulfonamides is 1. The molecule has 3 rings (SSSR count). The first-order valence-electron chi connectivity index (χ1n) is 12.9. The Kier molecular flexibility index (Phi) is 10.3. The molecule has 0 spiro atoms. The minimum Gasteiger partial charge on any atom is -0.495 e. The third-order valence-electron chi connectivity index (χ3n) is 6.92. The molecule has 0 heterocycles. The summed E-state index contributed by atoms with van der Waals surface area (Å²) in [5.74, 6) is -0.865. The van der Waals surface area contributed by atoms with Crippen molar-refractivity contribution in [3.63, 3.8) is 0 Å². The Balaban J connectivity index is 1.90. The summed E-state index contributed by atoms with van der Waals surface area (Å²) in [4.78, 5) is 39.0. The molecular formula is C27H36N4O7S. The van der Waals surface area contributed by atoms with Crippen molar-refractivity contribution in [3.8, 4) is 5.75 Å².